The molecule has 2 N–H and O–H groups in total. The first-order valence-corrected chi connectivity index (χ1v) is 9.04. The van der Waals surface area contributed by atoms with E-state index in [0.29, 0.717) is 18.7 Å². The Morgan fingerprint density at radius 3 is 2.52 bits per heavy atom. The Hall–Kier alpha value is -0.900. The smallest absolute Gasteiger partial charge is 0.338 e. The minimum absolute atomic E-state index is 0. The van der Waals surface area contributed by atoms with E-state index < -0.39 is 16.0 Å². The molecule has 1 aromatic rings. The van der Waals surface area contributed by atoms with E-state index in [4.69, 9.17) is 0 Å². The Kier molecular flexibility index (Phi) is 10.6. The predicted molar refractivity (Wildman–Crippen MR) is 102 cm³/mol. The molecular weight excluding hydrogens is 389 g/mol. The summed E-state index contributed by atoms with van der Waals surface area (Å²) < 4.78 is 32.2. The highest BCUT2D eigenvalue weighted by Gasteiger charge is 2.21. The standard InChI is InChI=1S/C15H23N3O4S.2ClH/c1-12-13(15(19)22-2)4-3-5-14(12)23(20,21)17-8-11-18-9-6-16-7-10-18;;/h3-5,16-17H,6-11H2,1-2H3;2*1H. The molecule has 144 valence electrons. The van der Waals surface area contributed by atoms with Gasteiger partial charge in [0.05, 0.1) is 17.6 Å². The number of sulfonamides is 1. The minimum atomic E-state index is -3.66. The lowest BCUT2D eigenvalue weighted by Crippen LogP contribution is -2.46. The van der Waals surface area contributed by atoms with E-state index in [0.717, 1.165) is 26.2 Å². The molecule has 0 bridgehead atoms. The van der Waals surface area contributed by atoms with Gasteiger partial charge in [-0.2, -0.15) is 0 Å². The van der Waals surface area contributed by atoms with Crippen molar-refractivity contribution < 1.29 is 17.9 Å². The monoisotopic (exact) mass is 413 g/mol. The number of ether oxygens (including phenoxy) is 1. The summed E-state index contributed by atoms with van der Waals surface area (Å²) in [7, 11) is -2.38. The topological polar surface area (TPSA) is 87.7 Å². The van der Waals surface area contributed by atoms with Crippen LogP contribution in [0, 0.1) is 6.92 Å². The second-order valence-electron chi connectivity index (χ2n) is 5.41. The van der Waals surface area contributed by atoms with Crippen molar-refractivity contribution in [1.29, 1.82) is 0 Å². The molecule has 0 amide bonds. The lowest BCUT2D eigenvalue weighted by molar-refractivity contribution is 0.0599. The van der Waals surface area contributed by atoms with Gasteiger partial charge in [0, 0.05) is 39.3 Å². The van der Waals surface area contributed by atoms with Gasteiger partial charge in [0.25, 0.3) is 0 Å². The molecule has 2 rings (SSSR count). The van der Waals surface area contributed by atoms with Gasteiger partial charge >= 0.3 is 5.97 Å². The first kappa shape index (κ1) is 24.1. The van der Waals surface area contributed by atoms with E-state index in [2.05, 4.69) is 19.7 Å². The molecular formula is C15H25Cl2N3O4S. The number of hydrogen-bond acceptors (Lipinski definition) is 6. The Morgan fingerprint density at radius 2 is 1.92 bits per heavy atom. The second kappa shape index (κ2) is 10.9. The van der Waals surface area contributed by atoms with Gasteiger partial charge in [-0.25, -0.2) is 17.9 Å². The Balaban J connectivity index is 0.00000288. The van der Waals surface area contributed by atoms with Crippen LogP contribution in [0.25, 0.3) is 0 Å². The third-order valence-corrected chi connectivity index (χ3v) is 5.51. The summed E-state index contributed by atoms with van der Waals surface area (Å²) in [5.41, 5.74) is 0.659. The molecule has 0 atom stereocenters. The minimum Gasteiger partial charge on any atom is -0.465 e. The zero-order valence-corrected chi connectivity index (χ0v) is 16.7. The van der Waals surface area contributed by atoms with E-state index in [1.165, 1.54) is 13.2 Å². The van der Waals surface area contributed by atoms with Crippen LogP contribution in [0.2, 0.25) is 0 Å². The van der Waals surface area contributed by atoms with Crippen LogP contribution in [0.3, 0.4) is 0 Å². The molecule has 1 heterocycles. The maximum Gasteiger partial charge on any atom is 0.338 e. The lowest BCUT2D eigenvalue weighted by atomic mass is 10.1. The first-order chi connectivity index (χ1) is 11.0. The molecule has 25 heavy (non-hydrogen) atoms. The van der Waals surface area contributed by atoms with Crippen LogP contribution < -0.4 is 10.0 Å². The van der Waals surface area contributed by atoms with Crippen LogP contribution in [0.5, 0.6) is 0 Å². The molecule has 0 radical (unpaired) electrons. The number of piperazine rings is 1. The van der Waals surface area contributed by atoms with E-state index in [-0.39, 0.29) is 35.3 Å². The maximum atomic E-state index is 12.5. The summed E-state index contributed by atoms with van der Waals surface area (Å²) in [5, 5.41) is 3.25. The number of carbonyl (C=O) groups is 1. The molecule has 1 saturated heterocycles. The predicted octanol–water partition coefficient (Wildman–Crippen LogP) is 0.809. The van der Waals surface area contributed by atoms with Crippen molar-refractivity contribution in [3.05, 3.63) is 29.3 Å². The van der Waals surface area contributed by atoms with Crippen LogP contribution in [-0.4, -0.2) is 65.7 Å². The molecule has 1 aliphatic heterocycles. The highest BCUT2D eigenvalue weighted by atomic mass is 35.5. The summed E-state index contributed by atoms with van der Waals surface area (Å²) in [6.45, 7) is 6.29. The highest BCUT2D eigenvalue weighted by Crippen LogP contribution is 2.19. The molecule has 1 fully saturated rings. The van der Waals surface area contributed by atoms with E-state index in [1.807, 2.05) is 0 Å². The van der Waals surface area contributed by atoms with Crippen molar-refractivity contribution in [3.8, 4) is 0 Å². The number of nitrogens with zero attached hydrogens (tertiary/aromatic N) is 1. The number of carbonyl (C=O) groups excluding carboxylic acids is 1. The Bertz CT molecular complexity index is 665. The molecule has 0 spiro atoms. The van der Waals surface area contributed by atoms with Gasteiger partial charge in [0.15, 0.2) is 0 Å². The van der Waals surface area contributed by atoms with Crippen molar-refractivity contribution >= 4 is 40.8 Å². The normalized spacial score (nSPS) is 15.0. The summed E-state index contributed by atoms with van der Waals surface area (Å²) >= 11 is 0. The quantitative estimate of drug-likeness (QED) is 0.670. The third-order valence-electron chi connectivity index (χ3n) is 3.91. The number of benzene rings is 1. The van der Waals surface area contributed by atoms with E-state index in [9.17, 15) is 13.2 Å². The first-order valence-electron chi connectivity index (χ1n) is 7.56. The van der Waals surface area contributed by atoms with Crippen molar-refractivity contribution in [2.24, 2.45) is 0 Å². The van der Waals surface area contributed by atoms with Gasteiger partial charge in [-0.3, -0.25) is 4.90 Å². The molecule has 0 aromatic heterocycles. The fourth-order valence-electron chi connectivity index (χ4n) is 2.59. The number of rotatable bonds is 6. The van der Waals surface area contributed by atoms with Gasteiger partial charge in [0.1, 0.15) is 0 Å². The number of nitrogens with one attached hydrogen (secondary N) is 2. The molecule has 0 aliphatic carbocycles. The third kappa shape index (κ3) is 6.40. The van der Waals surface area contributed by atoms with Gasteiger partial charge in [-0.05, 0) is 24.6 Å². The van der Waals surface area contributed by atoms with E-state index in [1.54, 1.807) is 19.1 Å². The van der Waals surface area contributed by atoms with Crippen molar-refractivity contribution in [1.82, 2.24) is 14.9 Å². The average molecular weight is 414 g/mol. The SMILES string of the molecule is COC(=O)c1cccc(S(=O)(=O)NCCN2CCNCC2)c1C.Cl.Cl. The van der Waals surface area contributed by atoms with Gasteiger partial charge in [0.2, 0.25) is 10.0 Å². The fourth-order valence-corrected chi connectivity index (χ4v) is 3.87. The summed E-state index contributed by atoms with van der Waals surface area (Å²) in [5.74, 6) is -0.541. The number of hydrogen-bond donors (Lipinski definition) is 2. The Morgan fingerprint density at radius 1 is 1.28 bits per heavy atom. The van der Waals surface area contributed by atoms with Crippen LogP contribution in [0.15, 0.2) is 23.1 Å². The number of esters is 1. The molecule has 7 nitrogen and oxygen atoms in total. The van der Waals surface area contributed by atoms with Crippen molar-refractivity contribution in [3.63, 3.8) is 0 Å². The maximum absolute atomic E-state index is 12.5. The average Bonchev–Trinajstić information content (AvgIpc) is 2.55. The molecule has 1 aromatic carbocycles. The van der Waals surface area contributed by atoms with Crippen molar-refractivity contribution in [2.45, 2.75) is 11.8 Å². The largest absolute Gasteiger partial charge is 0.465 e. The summed E-state index contributed by atoms with van der Waals surface area (Å²) in [6.07, 6.45) is 0. The van der Waals surface area contributed by atoms with Crippen LogP contribution >= 0.6 is 24.8 Å². The van der Waals surface area contributed by atoms with Crippen LogP contribution in [-0.2, 0) is 14.8 Å². The molecule has 10 heteroatoms. The zero-order chi connectivity index (χ0) is 16.9. The number of methoxy groups -OCH3 is 1. The van der Waals surface area contributed by atoms with Crippen LogP contribution in [0.4, 0.5) is 0 Å². The van der Waals surface area contributed by atoms with E-state index >= 15 is 0 Å². The molecule has 0 unspecified atom stereocenters. The van der Waals surface area contributed by atoms with Crippen molar-refractivity contribution in [2.75, 3.05) is 46.4 Å². The molecule has 0 saturated carbocycles. The van der Waals surface area contributed by atoms with Crippen LogP contribution in [0.1, 0.15) is 15.9 Å². The highest BCUT2D eigenvalue weighted by molar-refractivity contribution is 7.89. The Labute approximate surface area is 161 Å². The number of halogens is 2. The van der Waals surface area contributed by atoms with Gasteiger partial charge in [-0.15, -0.1) is 24.8 Å². The van der Waals surface area contributed by atoms with Gasteiger partial charge in [-0.1, -0.05) is 6.07 Å². The molecule has 1 aliphatic rings. The summed E-state index contributed by atoms with van der Waals surface area (Å²) in [6, 6.07) is 4.60. The van der Waals surface area contributed by atoms with Gasteiger partial charge < -0.3 is 10.1 Å². The lowest BCUT2D eigenvalue weighted by Gasteiger charge is -2.27. The zero-order valence-electron chi connectivity index (χ0n) is 14.3. The summed E-state index contributed by atoms with van der Waals surface area (Å²) in [4.78, 5) is 14.0. The fraction of sp³-hybridized carbons (Fsp3) is 0.533. The second-order valence-corrected chi connectivity index (χ2v) is 7.15.